The van der Waals surface area contributed by atoms with Gasteiger partial charge in [0.2, 0.25) is 5.91 Å². The van der Waals surface area contributed by atoms with Crippen LogP contribution in [0, 0.1) is 27.8 Å². The lowest BCUT2D eigenvalue weighted by molar-refractivity contribution is -0.387. The minimum absolute atomic E-state index is 0.00233. The fourth-order valence-corrected chi connectivity index (χ4v) is 6.47. The summed E-state index contributed by atoms with van der Waals surface area (Å²) in [6.45, 7) is 2.63. The first-order chi connectivity index (χ1) is 18.9. The number of thioether (sulfide) groups is 1. The molecule has 2 heterocycles. The van der Waals surface area contributed by atoms with Gasteiger partial charge in [-0.15, -0.1) is 11.8 Å². The Hall–Kier alpha value is -3.72. The number of amides is 2. The van der Waals surface area contributed by atoms with E-state index in [1.165, 1.54) is 30.0 Å². The number of halogens is 1. The number of likely N-dealkylation sites (tertiary alicyclic amines) is 2. The summed E-state index contributed by atoms with van der Waals surface area (Å²) in [5.74, 6) is 0.617. The van der Waals surface area contributed by atoms with Gasteiger partial charge < -0.3 is 9.80 Å². The SMILES string of the molecule is O=C(CSc1ccccc1[N+](=O)[O-])N1C[C@H]2CCN(C(=O)c3ccc(Cc4cccc(F)c4)cc3)CC[C@H]2C1. The molecule has 3 aromatic carbocycles. The second-order valence-electron chi connectivity index (χ2n) is 10.2. The summed E-state index contributed by atoms with van der Waals surface area (Å²) in [5.41, 5.74) is 2.58. The van der Waals surface area contributed by atoms with E-state index in [1.807, 2.05) is 40.1 Å². The molecule has 2 atom stereocenters. The van der Waals surface area contributed by atoms with Crippen LogP contribution in [-0.4, -0.2) is 58.5 Å². The van der Waals surface area contributed by atoms with Crippen LogP contribution >= 0.6 is 11.8 Å². The molecule has 2 aliphatic rings. The zero-order chi connectivity index (χ0) is 27.4. The van der Waals surface area contributed by atoms with Crippen molar-refractivity contribution in [1.29, 1.82) is 0 Å². The predicted molar refractivity (Wildman–Crippen MR) is 148 cm³/mol. The van der Waals surface area contributed by atoms with Gasteiger partial charge in [0.05, 0.1) is 15.6 Å². The maximum Gasteiger partial charge on any atom is 0.282 e. The fraction of sp³-hybridized carbons (Fsp3) is 0.333. The molecule has 0 bridgehead atoms. The Morgan fingerprint density at radius 1 is 0.897 bits per heavy atom. The quantitative estimate of drug-likeness (QED) is 0.224. The van der Waals surface area contributed by atoms with Crippen molar-refractivity contribution in [2.24, 2.45) is 11.8 Å². The number of hydrogen-bond donors (Lipinski definition) is 0. The number of nitrogens with zero attached hydrogens (tertiary/aromatic N) is 3. The second kappa shape index (κ2) is 12.0. The van der Waals surface area contributed by atoms with Gasteiger partial charge in [0, 0.05) is 37.8 Å². The summed E-state index contributed by atoms with van der Waals surface area (Å²) in [7, 11) is 0. The minimum atomic E-state index is -0.422. The minimum Gasteiger partial charge on any atom is -0.341 e. The summed E-state index contributed by atoms with van der Waals surface area (Å²) >= 11 is 1.21. The number of carbonyl (C=O) groups is 2. The lowest BCUT2D eigenvalue weighted by Gasteiger charge is -2.22. The number of rotatable bonds is 7. The van der Waals surface area contributed by atoms with E-state index in [-0.39, 0.29) is 29.1 Å². The van der Waals surface area contributed by atoms with Gasteiger partial charge in [-0.3, -0.25) is 19.7 Å². The van der Waals surface area contributed by atoms with Gasteiger partial charge in [-0.1, -0.05) is 36.4 Å². The van der Waals surface area contributed by atoms with Crippen molar-refractivity contribution in [3.05, 3.63) is 105 Å². The molecule has 2 fully saturated rings. The molecule has 5 rings (SSSR count). The summed E-state index contributed by atoms with van der Waals surface area (Å²) in [6, 6.07) is 20.6. The lowest BCUT2D eigenvalue weighted by atomic mass is 9.92. The molecule has 202 valence electrons. The van der Waals surface area contributed by atoms with E-state index in [4.69, 9.17) is 0 Å². The first kappa shape index (κ1) is 26.9. The van der Waals surface area contributed by atoms with Crippen LogP contribution in [0.5, 0.6) is 0 Å². The molecular weight excluding hydrogens is 517 g/mol. The van der Waals surface area contributed by atoms with E-state index in [1.54, 1.807) is 24.3 Å². The highest BCUT2D eigenvalue weighted by atomic mass is 32.2. The average molecular weight is 548 g/mol. The molecule has 0 aliphatic carbocycles. The molecule has 2 aliphatic heterocycles. The topological polar surface area (TPSA) is 83.8 Å². The van der Waals surface area contributed by atoms with Gasteiger partial charge in [-0.2, -0.15) is 0 Å². The number of nitro groups is 1. The summed E-state index contributed by atoms with van der Waals surface area (Å²) in [5, 5.41) is 11.2. The van der Waals surface area contributed by atoms with Crippen molar-refractivity contribution in [1.82, 2.24) is 9.80 Å². The molecule has 0 unspecified atom stereocenters. The van der Waals surface area contributed by atoms with Crippen molar-refractivity contribution in [3.8, 4) is 0 Å². The van der Waals surface area contributed by atoms with Crippen molar-refractivity contribution in [3.63, 3.8) is 0 Å². The largest absolute Gasteiger partial charge is 0.341 e. The number of carbonyl (C=O) groups excluding carboxylic acids is 2. The standard InChI is InChI=1S/C30H30FN3O4S/c31-26-5-3-4-22(17-26)16-21-8-10-23(11-9-21)30(36)32-14-12-24-18-33(19-25(24)13-15-32)29(35)20-39-28-7-2-1-6-27(28)34(37)38/h1-11,17,24-25H,12-16,18-20H2/t24-,25+. The van der Waals surface area contributed by atoms with Crippen LogP contribution in [0.15, 0.2) is 77.7 Å². The van der Waals surface area contributed by atoms with Crippen LogP contribution in [0.25, 0.3) is 0 Å². The second-order valence-corrected chi connectivity index (χ2v) is 11.2. The summed E-state index contributed by atoms with van der Waals surface area (Å²) in [6.07, 6.45) is 2.29. The Morgan fingerprint density at radius 3 is 2.26 bits per heavy atom. The summed E-state index contributed by atoms with van der Waals surface area (Å²) < 4.78 is 13.5. The van der Waals surface area contributed by atoms with Gasteiger partial charge >= 0.3 is 0 Å². The first-order valence-electron chi connectivity index (χ1n) is 13.1. The van der Waals surface area contributed by atoms with E-state index >= 15 is 0 Å². The Labute approximate surface area is 231 Å². The number of hydrogen-bond acceptors (Lipinski definition) is 5. The van der Waals surface area contributed by atoms with Crippen molar-refractivity contribution >= 4 is 29.3 Å². The van der Waals surface area contributed by atoms with Crippen LogP contribution in [0.4, 0.5) is 10.1 Å². The third kappa shape index (κ3) is 6.47. The van der Waals surface area contributed by atoms with Crippen LogP contribution in [-0.2, 0) is 11.2 Å². The van der Waals surface area contributed by atoms with E-state index in [9.17, 15) is 24.1 Å². The van der Waals surface area contributed by atoms with Crippen LogP contribution in [0.1, 0.15) is 34.3 Å². The predicted octanol–water partition coefficient (Wildman–Crippen LogP) is 5.43. The number of benzene rings is 3. The molecule has 0 aromatic heterocycles. The van der Waals surface area contributed by atoms with Crippen LogP contribution < -0.4 is 0 Å². The highest BCUT2D eigenvalue weighted by molar-refractivity contribution is 8.00. The maximum absolute atomic E-state index is 13.5. The molecule has 39 heavy (non-hydrogen) atoms. The Kier molecular flexibility index (Phi) is 8.26. The average Bonchev–Trinajstić information content (AvgIpc) is 3.25. The highest BCUT2D eigenvalue weighted by Gasteiger charge is 2.37. The molecule has 0 spiro atoms. The zero-order valence-corrected chi connectivity index (χ0v) is 22.3. The maximum atomic E-state index is 13.5. The monoisotopic (exact) mass is 547 g/mol. The number of para-hydroxylation sites is 1. The van der Waals surface area contributed by atoms with Gasteiger partial charge in [-0.25, -0.2) is 4.39 Å². The molecule has 0 saturated carbocycles. The third-order valence-electron chi connectivity index (χ3n) is 7.67. The van der Waals surface area contributed by atoms with Gasteiger partial charge in [0.15, 0.2) is 0 Å². The summed E-state index contributed by atoms with van der Waals surface area (Å²) in [4.78, 5) is 41.2. The molecule has 7 nitrogen and oxygen atoms in total. The fourth-order valence-electron chi connectivity index (χ4n) is 5.55. The molecule has 0 radical (unpaired) electrons. The molecule has 2 amide bonds. The third-order valence-corrected chi connectivity index (χ3v) is 8.71. The highest BCUT2D eigenvalue weighted by Crippen LogP contribution is 2.34. The first-order valence-corrected chi connectivity index (χ1v) is 14.1. The smallest absolute Gasteiger partial charge is 0.282 e. The molecule has 9 heteroatoms. The van der Waals surface area contributed by atoms with Crippen molar-refractivity contribution in [2.45, 2.75) is 24.2 Å². The van der Waals surface area contributed by atoms with Crippen LogP contribution in [0.3, 0.4) is 0 Å². The molecule has 3 aromatic rings. The van der Waals surface area contributed by atoms with E-state index in [2.05, 4.69) is 0 Å². The molecule has 2 saturated heterocycles. The van der Waals surface area contributed by atoms with Gasteiger partial charge in [-0.05, 0) is 72.6 Å². The van der Waals surface area contributed by atoms with Gasteiger partial charge in [0.25, 0.3) is 11.6 Å². The van der Waals surface area contributed by atoms with Crippen LogP contribution in [0.2, 0.25) is 0 Å². The van der Waals surface area contributed by atoms with E-state index in [0.29, 0.717) is 54.9 Å². The van der Waals surface area contributed by atoms with E-state index < -0.39 is 4.92 Å². The normalized spacial score (nSPS) is 18.9. The number of fused-ring (bicyclic) bond motifs is 1. The Balaban J connectivity index is 1.12. The van der Waals surface area contributed by atoms with Crippen molar-refractivity contribution < 1.29 is 18.9 Å². The molecular formula is C30H30FN3O4S. The number of nitro benzene ring substituents is 1. The van der Waals surface area contributed by atoms with Gasteiger partial charge in [0.1, 0.15) is 5.82 Å². The van der Waals surface area contributed by atoms with E-state index in [0.717, 1.165) is 24.0 Å². The lowest BCUT2D eigenvalue weighted by Crippen LogP contribution is -2.34. The van der Waals surface area contributed by atoms with Crippen molar-refractivity contribution in [2.75, 3.05) is 31.9 Å². The Morgan fingerprint density at radius 2 is 1.59 bits per heavy atom. The Bertz CT molecular complexity index is 1350. The zero-order valence-electron chi connectivity index (χ0n) is 21.5. The molecule has 0 N–H and O–H groups in total.